The highest BCUT2D eigenvalue weighted by atomic mass is 16.3. The Hall–Kier alpha value is -2.57. The van der Waals surface area contributed by atoms with Crippen LogP contribution in [0.4, 0.5) is 5.69 Å². The number of piperazine rings is 1. The molecule has 1 fully saturated rings. The van der Waals surface area contributed by atoms with E-state index in [0.717, 1.165) is 44.2 Å². The molecule has 3 rings (SSSR count). The van der Waals surface area contributed by atoms with Crippen LogP contribution in [0.25, 0.3) is 0 Å². The van der Waals surface area contributed by atoms with Gasteiger partial charge in [-0.1, -0.05) is 48.5 Å². The molecule has 1 heterocycles. The fourth-order valence-corrected chi connectivity index (χ4v) is 3.89. The summed E-state index contributed by atoms with van der Waals surface area (Å²) < 4.78 is 0. The zero-order valence-electron chi connectivity index (χ0n) is 18.2. The molecule has 2 unspecified atom stereocenters. The van der Waals surface area contributed by atoms with E-state index in [1.165, 1.54) is 5.69 Å². The summed E-state index contributed by atoms with van der Waals surface area (Å²) in [6.07, 6.45) is 0. The van der Waals surface area contributed by atoms with Crippen LogP contribution >= 0.6 is 0 Å². The quantitative estimate of drug-likeness (QED) is 0.461. The van der Waals surface area contributed by atoms with E-state index in [-0.39, 0.29) is 12.5 Å². The van der Waals surface area contributed by atoms with Crippen LogP contribution < -0.4 is 15.5 Å². The molecule has 0 aromatic heterocycles. The van der Waals surface area contributed by atoms with Crippen molar-refractivity contribution in [3.05, 3.63) is 66.2 Å². The molecule has 2 aromatic carbocycles. The van der Waals surface area contributed by atoms with Crippen LogP contribution in [0, 0.1) is 0 Å². The van der Waals surface area contributed by atoms with Crippen LogP contribution in [0.2, 0.25) is 0 Å². The molecule has 0 amide bonds. The van der Waals surface area contributed by atoms with Gasteiger partial charge in [0.1, 0.15) is 0 Å². The molecule has 0 radical (unpaired) electrons. The molecule has 0 bridgehead atoms. The number of hydrogen-bond donors (Lipinski definition) is 3. The highest BCUT2D eigenvalue weighted by Crippen LogP contribution is 2.16. The van der Waals surface area contributed by atoms with Crippen molar-refractivity contribution in [2.45, 2.75) is 18.9 Å². The monoisotopic (exact) mass is 409 g/mol. The molecular formula is C24H35N5O. The van der Waals surface area contributed by atoms with E-state index >= 15 is 0 Å². The summed E-state index contributed by atoms with van der Waals surface area (Å²) in [6, 6.07) is 21.2. The van der Waals surface area contributed by atoms with Gasteiger partial charge in [-0.05, 0) is 24.6 Å². The highest BCUT2D eigenvalue weighted by molar-refractivity contribution is 5.79. The molecule has 0 spiro atoms. The fraction of sp³-hybridized carbons (Fsp3) is 0.458. The summed E-state index contributed by atoms with van der Waals surface area (Å²) >= 11 is 0. The number of rotatable bonds is 8. The van der Waals surface area contributed by atoms with Crippen LogP contribution in [0.15, 0.2) is 65.7 Å². The van der Waals surface area contributed by atoms with Crippen LogP contribution in [-0.4, -0.2) is 74.9 Å². The number of nitrogens with zero attached hydrogens (tertiary/aromatic N) is 3. The van der Waals surface area contributed by atoms with Gasteiger partial charge in [0, 0.05) is 64.0 Å². The SMILES string of the molecule is CN=C(NCC(CO)c1ccccc1)NCC(C)N1CCN(c2ccccc2)CC1. The predicted molar refractivity (Wildman–Crippen MR) is 125 cm³/mol. The molecule has 3 N–H and O–H groups in total. The average molecular weight is 410 g/mol. The van der Waals surface area contributed by atoms with Crippen molar-refractivity contribution >= 4 is 11.6 Å². The first-order valence-electron chi connectivity index (χ1n) is 10.9. The third-order valence-electron chi connectivity index (χ3n) is 5.85. The lowest BCUT2D eigenvalue weighted by molar-refractivity contribution is 0.197. The average Bonchev–Trinajstić information content (AvgIpc) is 2.82. The molecule has 6 heteroatoms. The first-order chi connectivity index (χ1) is 14.7. The minimum Gasteiger partial charge on any atom is -0.396 e. The second kappa shape index (κ2) is 11.6. The minimum atomic E-state index is 0.0493. The Kier molecular flexibility index (Phi) is 8.53. The van der Waals surface area contributed by atoms with Crippen LogP contribution in [-0.2, 0) is 0 Å². The number of aliphatic imine (C=N–C) groups is 1. The molecule has 1 saturated heterocycles. The molecule has 1 aliphatic heterocycles. The molecule has 2 aromatic rings. The Morgan fingerprint density at radius 1 is 0.933 bits per heavy atom. The van der Waals surface area contributed by atoms with Gasteiger partial charge in [-0.25, -0.2) is 0 Å². The zero-order chi connectivity index (χ0) is 21.2. The van der Waals surface area contributed by atoms with E-state index in [2.05, 4.69) is 74.8 Å². The van der Waals surface area contributed by atoms with Gasteiger partial charge >= 0.3 is 0 Å². The standard InChI is InChI=1S/C24H35N5O/c1-20(28-13-15-29(16-14-28)23-11-7-4-8-12-23)17-26-24(25-2)27-18-22(19-30)21-9-5-3-6-10-21/h3-12,20,22,30H,13-19H2,1-2H3,(H2,25,26,27). The number of aliphatic hydroxyl groups excluding tert-OH is 1. The number of hydrogen-bond acceptors (Lipinski definition) is 4. The summed E-state index contributed by atoms with van der Waals surface area (Å²) in [6.45, 7) is 8.07. The van der Waals surface area contributed by atoms with E-state index in [0.29, 0.717) is 12.6 Å². The van der Waals surface area contributed by atoms with Crippen molar-refractivity contribution in [1.82, 2.24) is 15.5 Å². The fourth-order valence-electron chi connectivity index (χ4n) is 3.89. The van der Waals surface area contributed by atoms with E-state index < -0.39 is 0 Å². The Bertz CT molecular complexity index is 760. The Balaban J connectivity index is 1.41. The van der Waals surface area contributed by atoms with Gasteiger partial charge in [0.2, 0.25) is 0 Å². The van der Waals surface area contributed by atoms with Crippen molar-refractivity contribution in [3.8, 4) is 0 Å². The first kappa shape index (κ1) is 22.1. The normalized spacial score (nSPS) is 17.4. The van der Waals surface area contributed by atoms with Crippen LogP contribution in [0.5, 0.6) is 0 Å². The van der Waals surface area contributed by atoms with E-state index in [1.54, 1.807) is 7.05 Å². The maximum Gasteiger partial charge on any atom is 0.191 e. The molecule has 0 saturated carbocycles. The molecule has 30 heavy (non-hydrogen) atoms. The second-order valence-corrected chi connectivity index (χ2v) is 7.83. The number of anilines is 1. The zero-order valence-corrected chi connectivity index (χ0v) is 18.2. The van der Waals surface area contributed by atoms with E-state index in [9.17, 15) is 5.11 Å². The third-order valence-corrected chi connectivity index (χ3v) is 5.85. The Labute approximate surface area is 180 Å². The topological polar surface area (TPSA) is 63.1 Å². The summed E-state index contributed by atoms with van der Waals surface area (Å²) in [5.74, 6) is 0.826. The summed E-state index contributed by atoms with van der Waals surface area (Å²) in [5, 5.41) is 16.5. The number of benzene rings is 2. The van der Waals surface area contributed by atoms with Crippen molar-refractivity contribution in [2.75, 3.05) is 57.8 Å². The molecule has 6 nitrogen and oxygen atoms in total. The molecule has 2 atom stereocenters. The van der Waals surface area contributed by atoms with Gasteiger partial charge in [-0.3, -0.25) is 9.89 Å². The smallest absolute Gasteiger partial charge is 0.191 e. The summed E-state index contributed by atoms with van der Waals surface area (Å²) in [7, 11) is 1.79. The summed E-state index contributed by atoms with van der Waals surface area (Å²) in [4.78, 5) is 9.32. The number of aliphatic hydroxyl groups is 1. The Morgan fingerprint density at radius 3 is 2.13 bits per heavy atom. The maximum atomic E-state index is 9.75. The van der Waals surface area contributed by atoms with Gasteiger partial charge in [0.25, 0.3) is 0 Å². The summed E-state index contributed by atoms with van der Waals surface area (Å²) in [5.41, 5.74) is 2.44. The van der Waals surface area contributed by atoms with Gasteiger partial charge in [-0.15, -0.1) is 0 Å². The Morgan fingerprint density at radius 2 is 1.53 bits per heavy atom. The molecule has 0 aliphatic carbocycles. The second-order valence-electron chi connectivity index (χ2n) is 7.83. The molecular weight excluding hydrogens is 374 g/mol. The van der Waals surface area contributed by atoms with Gasteiger partial charge in [-0.2, -0.15) is 0 Å². The van der Waals surface area contributed by atoms with Crippen molar-refractivity contribution in [3.63, 3.8) is 0 Å². The van der Waals surface area contributed by atoms with Crippen LogP contribution in [0.1, 0.15) is 18.4 Å². The molecule has 1 aliphatic rings. The first-order valence-corrected chi connectivity index (χ1v) is 10.9. The lowest BCUT2D eigenvalue weighted by Crippen LogP contribution is -2.53. The van der Waals surface area contributed by atoms with Gasteiger partial charge in [0.05, 0.1) is 6.61 Å². The minimum absolute atomic E-state index is 0.0493. The lowest BCUT2D eigenvalue weighted by Gasteiger charge is -2.39. The van der Waals surface area contributed by atoms with Crippen LogP contribution in [0.3, 0.4) is 0 Å². The van der Waals surface area contributed by atoms with Crippen molar-refractivity contribution in [2.24, 2.45) is 4.99 Å². The molecule has 162 valence electrons. The highest BCUT2D eigenvalue weighted by Gasteiger charge is 2.21. The number of nitrogens with one attached hydrogen (secondary N) is 2. The van der Waals surface area contributed by atoms with E-state index in [4.69, 9.17) is 0 Å². The van der Waals surface area contributed by atoms with Gasteiger partial charge in [0.15, 0.2) is 5.96 Å². The lowest BCUT2D eigenvalue weighted by atomic mass is 10.0. The van der Waals surface area contributed by atoms with E-state index in [1.807, 2.05) is 18.2 Å². The number of guanidine groups is 1. The predicted octanol–water partition coefficient (Wildman–Crippen LogP) is 2.14. The number of para-hydroxylation sites is 1. The van der Waals surface area contributed by atoms with Crippen molar-refractivity contribution in [1.29, 1.82) is 0 Å². The van der Waals surface area contributed by atoms with Crippen molar-refractivity contribution < 1.29 is 5.11 Å². The van der Waals surface area contributed by atoms with Gasteiger partial charge < -0.3 is 20.6 Å². The largest absolute Gasteiger partial charge is 0.396 e. The maximum absolute atomic E-state index is 9.75. The third kappa shape index (κ3) is 6.21.